The third kappa shape index (κ3) is 3.37. The summed E-state index contributed by atoms with van der Waals surface area (Å²) in [7, 11) is 0. The fourth-order valence-corrected chi connectivity index (χ4v) is 2.84. The molecule has 24 heavy (non-hydrogen) atoms. The van der Waals surface area contributed by atoms with Gasteiger partial charge in [0.15, 0.2) is 6.10 Å². The summed E-state index contributed by atoms with van der Waals surface area (Å²) in [6.07, 6.45) is 0.198. The van der Waals surface area contributed by atoms with Gasteiger partial charge < -0.3 is 9.64 Å². The minimum Gasteiger partial charge on any atom is -0.481 e. The Kier molecular flexibility index (Phi) is 4.46. The molecule has 0 N–H and O–H groups in total. The van der Waals surface area contributed by atoms with E-state index in [4.69, 9.17) is 4.74 Å². The number of amides is 1. The van der Waals surface area contributed by atoms with Gasteiger partial charge in [0.05, 0.1) is 4.92 Å². The van der Waals surface area contributed by atoms with Crippen LogP contribution in [0.15, 0.2) is 48.5 Å². The quantitative estimate of drug-likeness (QED) is 0.639. The van der Waals surface area contributed by atoms with Crippen molar-refractivity contribution in [1.82, 2.24) is 4.90 Å². The van der Waals surface area contributed by atoms with E-state index in [2.05, 4.69) is 6.07 Å². The van der Waals surface area contributed by atoms with Crippen LogP contribution in [0.3, 0.4) is 0 Å². The monoisotopic (exact) mass is 326 g/mol. The fourth-order valence-electron chi connectivity index (χ4n) is 2.84. The van der Waals surface area contributed by atoms with Gasteiger partial charge in [-0.2, -0.15) is 0 Å². The van der Waals surface area contributed by atoms with Crippen molar-refractivity contribution in [1.29, 1.82) is 0 Å². The first-order valence-corrected chi connectivity index (χ1v) is 7.81. The van der Waals surface area contributed by atoms with Crippen molar-refractivity contribution in [3.8, 4) is 5.75 Å². The van der Waals surface area contributed by atoms with Gasteiger partial charge in [0.2, 0.25) is 0 Å². The van der Waals surface area contributed by atoms with Crippen LogP contribution in [0.1, 0.15) is 18.1 Å². The molecule has 124 valence electrons. The van der Waals surface area contributed by atoms with Gasteiger partial charge in [-0.05, 0) is 36.6 Å². The Morgan fingerprint density at radius 3 is 2.50 bits per heavy atom. The minimum atomic E-state index is -0.642. The number of nitro groups is 1. The van der Waals surface area contributed by atoms with Crippen LogP contribution in [-0.4, -0.2) is 28.4 Å². The molecule has 2 aromatic carbocycles. The van der Waals surface area contributed by atoms with Gasteiger partial charge in [0.1, 0.15) is 5.75 Å². The van der Waals surface area contributed by atoms with E-state index in [0.29, 0.717) is 18.8 Å². The summed E-state index contributed by atoms with van der Waals surface area (Å²) >= 11 is 0. The number of ether oxygens (including phenoxy) is 1. The van der Waals surface area contributed by atoms with Crippen LogP contribution in [0, 0.1) is 10.1 Å². The number of nitro benzene ring substituents is 1. The second kappa shape index (κ2) is 6.70. The predicted molar refractivity (Wildman–Crippen MR) is 88.7 cm³/mol. The Morgan fingerprint density at radius 1 is 1.17 bits per heavy atom. The van der Waals surface area contributed by atoms with Gasteiger partial charge in [0.25, 0.3) is 11.6 Å². The van der Waals surface area contributed by atoms with E-state index < -0.39 is 11.0 Å². The first kappa shape index (κ1) is 16.0. The van der Waals surface area contributed by atoms with E-state index >= 15 is 0 Å². The Balaban J connectivity index is 1.64. The third-order valence-corrected chi connectivity index (χ3v) is 4.15. The van der Waals surface area contributed by atoms with Gasteiger partial charge in [0, 0.05) is 25.2 Å². The third-order valence-electron chi connectivity index (χ3n) is 4.15. The molecule has 0 bridgehead atoms. The molecule has 0 aliphatic carbocycles. The lowest BCUT2D eigenvalue weighted by Crippen LogP contribution is -2.43. The Hall–Kier alpha value is -2.89. The number of hydrogen-bond acceptors (Lipinski definition) is 4. The van der Waals surface area contributed by atoms with Crippen LogP contribution in [-0.2, 0) is 17.8 Å². The zero-order valence-electron chi connectivity index (χ0n) is 13.3. The molecule has 3 rings (SSSR count). The summed E-state index contributed by atoms with van der Waals surface area (Å²) in [6, 6.07) is 13.9. The first-order chi connectivity index (χ1) is 11.5. The maximum absolute atomic E-state index is 12.6. The summed E-state index contributed by atoms with van der Waals surface area (Å²) < 4.78 is 5.64. The summed E-state index contributed by atoms with van der Waals surface area (Å²) in [6.45, 7) is 2.96. The molecule has 1 atom stereocenters. The van der Waals surface area contributed by atoms with E-state index in [1.54, 1.807) is 11.8 Å². The number of hydrogen-bond donors (Lipinski definition) is 0. The highest BCUT2D eigenvalue weighted by atomic mass is 16.6. The zero-order valence-corrected chi connectivity index (χ0v) is 13.3. The van der Waals surface area contributed by atoms with Crippen LogP contribution in [0.25, 0.3) is 0 Å². The summed E-state index contributed by atoms with van der Waals surface area (Å²) in [4.78, 5) is 24.6. The van der Waals surface area contributed by atoms with Gasteiger partial charge in [-0.1, -0.05) is 24.3 Å². The predicted octanol–water partition coefficient (Wildman–Crippen LogP) is 2.95. The van der Waals surface area contributed by atoms with Crippen molar-refractivity contribution < 1.29 is 14.5 Å². The van der Waals surface area contributed by atoms with Crippen LogP contribution >= 0.6 is 0 Å². The van der Waals surface area contributed by atoms with Gasteiger partial charge in [-0.3, -0.25) is 14.9 Å². The summed E-state index contributed by atoms with van der Waals surface area (Å²) in [5.41, 5.74) is 2.44. The molecule has 1 aliphatic heterocycles. The molecule has 1 aliphatic rings. The molecule has 0 aromatic heterocycles. The van der Waals surface area contributed by atoms with Gasteiger partial charge in [-0.25, -0.2) is 0 Å². The highest BCUT2D eigenvalue weighted by Gasteiger charge is 2.25. The number of benzene rings is 2. The first-order valence-electron chi connectivity index (χ1n) is 7.81. The molecule has 0 fully saturated rings. The largest absolute Gasteiger partial charge is 0.481 e. The van der Waals surface area contributed by atoms with E-state index in [9.17, 15) is 14.9 Å². The smallest absolute Gasteiger partial charge is 0.269 e. The number of non-ortho nitro benzene ring substituents is 1. The number of fused-ring (bicyclic) bond motifs is 1. The number of carbonyl (C=O) groups excluding carboxylic acids is 1. The Labute approximate surface area is 139 Å². The number of nitrogens with zero attached hydrogens (tertiary/aromatic N) is 2. The molecular weight excluding hydrogens is 308 g/mol. The van der Waals surface area contributed by atoms with Crippen molar-refractivity contribution in [2.24, 2.45) is 0 Å². The van der Waals surface area contributed by atoms with Crippen molar-refractivity contribution in [3.05, 3.63) is 69.8 Å². The maximum atomic E-state index is 12.6. The molecular formula is C18H18N2O4. The molecule has 6 nitrogen and oxygen atoms in total. The average Bonchev–Trinajstić information content (AvgIpc) is 2.61. The molecule has 1 amide bonds. The topological polar surface area (TPSA) is 72.7 Å². The van der Waals surface area contributed by atoms with E-state index in [1.165, 1.54) is 35.4 Å². The minimum absolute atomic E-state index is 0.00559. The molecule has 1 heterocycles. The van der Waals surface area contributed by atoms with E-state index in [0.717, 1.165) is 6.42 Å². The van der Waals surface area contributed by atoms with E-state index in [-0.39, 0.29) is 11.6 Å². The normalized spacial score (nSPS) is 14.6. The highest BCUT2D eigenvalue weighted by molar-refractivity contribution is 5.81. The average molecular weight is 326 g/mol. The lowest BCUT2D eigenvalue weighted by Gasteiger charge is -2.30. The lowest BCUT2D eigenvalue weighted by atomic mass is 9.99. The molecule has 0 saturated heterocycles. The Bertz CT molecular complexity index is 758. The summed E-state index contributed by atoms with van der Waals surface area (Å²) in [5.74, 6) is 0.363. The number of rotatable bonds is 4. The Morgan fingerprint density at radius 2 is 1.83 bits per heavy atom. The van der Waals surface area contributed by atoms with Crippen molar-refractivity contribution in [2.45, 2.75) is 26.0 Å². The number of carbonyl (C=O) groups is 1. The van der Waals surface area contributed by atoms with Crippen molar-refractivity contribution in [2.75, 3.05) is 6.54 Å². The molecule has 2 aromatic rings. The van der Waals surface area contributed by atoms with Crippen LogP contribution in [0.2, 0.25) is 0 Å². The van der Waals surface area contributed by atoms with Gasteiger partial charge >= 0.3 is 0 Å². The molecule has 0 saturated carbocycles. The van der Waals surface area contributed by atoms with Crippen molar-refractivity contribution in [3.63, 3.8) is 0 Å². The van der Waals surface area contributed by atoms with Crippen molar-refractivity contribution >= 4 is 11.6 Å². The fraction of sp³-hybridized carbons (Fsp3) is 0.278. The SMILES string of the molecule is C[C@H](Oc1ccc([N+](=O)[O-])cc1)C(=O)N1CCc2ccccc2C1. The molecule has 0 unspecified atom stereocenters. The van der Waals surface area contributed by atoms with E-state index in [1.807, 2.05) is 18.2 Å². The zero-order chi connectivity index (χ0) is 17.1. The summed E-state index contributed by atoms with van der Waals surface area (Å²) in [5, 5.41) is 10.7. The van der Waals surface area contributed by atoms with Crippen LogP contribution in [0.4, 0.5) is 5.69 Å². The standard InChI is InChI=1S/C18H18N2O4/c1-13(24-17-8-6-16(7-9-17)20(22)23)18(21)19-11-10-14-4-2-3-5-15(14)12-19/h2-9,13H,10-12H2,1H3/t13-/m0/s1. The maximum Gasteiger partial charge on any atom is 0.269 e. The highest BCUT2D eigenvalue weighted by Crippen LogP contribution is 2.21. The molecule has 0 radical (unpaired) electrons. The van der Waals surface area contributed by atoms with Crippen LogP contribution < -0.4 is 4.74 Å². The van der Waals surface area contributed by atoms with Gasteiger partial charge in [-0.15, -0.1) is 0 Å². The lowest BCUT2D eigenvalue weighted by molar-refractivity contribution is -0.384. The van der Waals surface area contributed by atoms with Crippen LogP contribution in [0.5, 0.6) is 5.75 Å². The second-order valence-electron chi connectivity index (χ2n) is 5.79. The molecule has 6 heteroatoms. The second-order valence-corrected chi connectivity index (χ2v) is 5.79. The molecule has 0 spiro atoms.